The Hall–Kier alpha value is -0.570. The Kier molecular flexibility index (Phi) is 2.77. The first-order valence-electron chi connectivity index (χ1n) is 6.33. The van der Waals surface area contributed by atoms with Crippen molar-refractivity contribution < 1.29 is 9.53 Å². The highest BCUT2D eigenvalue weighted by molar-refractivity contribution is 5.84. The summed E-state index contributed by atoms with van der Waals surface area (Å²) in [6.45, 7) is 6.66. The van der Waals surface area contributed by atoms with E-state index < -0.39 is 5.54 Å². The first-order valence-corrected chi connectivity index (χ1v) is 6.33. The van der Waals surface area contributed by atoms with Crippen molar-refractivity contribution in [3.8, 4) is 0 Å². The van der Waals surface area contributed by atoms with Crippen LogP contribution in [-0.2, 0) is 9.53 Å². The van der Waals surface area contributed by atoms with Gasteiger partial charge in [-0.05, 0) is 37.5 Å². The van der Waals surface area contributed by atoms with E-state index in [4.69, 9.17) is 10.5 Å². The molecular formula is C13H23NO2. The molecule has 0 saturated heterocycles. The van der Waals surface area contributed by atoms with Crippen molar-refractivity contribution in [2.24, 2.45) is 17.1 Å². The topological polar surface area (TPSA) is 52.3 Å². The number of carbonyl (C=O) groups is 1. The molecule has 0 aliphatic heterocycles. The van der Waals surface area contributed by atoms with Gasteiger partial charge in [0.15, 0.2) is 0 Å². The van der Waals surface area contributed by atoms with Gasteiger partial charge in [0.1, 0.15) is 11.6 Å². The van der Waals surface area contributed by atoms with Gasteiger partial charge in [-0.1, -0.05) is 20.8 Å². The van der Waals surface area contributed by atoms with Gasteiger partial charge in [0.25, 0.3) is 0 Å². The number of ether oxygens (including phenoxy) is 1. The van der Waals surface area contributed by atoms with Crippen LogP contribution in [0.5, 0.6) is 0 Å². The van der Waals surface area contributed by atoms with E-state index >= 15 is 0 Å². The lowest BCUT2D eigenvalue weighted by molar-refractivity contribution is -0.155. The van der Waals surface area contributed by atoms with Crippen LogP contribution in [0.4, 0.5) is 0 Å². The molecule has 2 atom stereocenters. The summed E-state index contributed by atoms with van der Waals surface area (Å²) in [5.74, 6) is 0.312. The summed E-state index contributed by atoms with van der Waals surface area (Å²) < 4.78 is 5.61. The molecule has 2 fully saturated rings. The lowest BCUT2D eigenvalue weighted by Crippen LogP contribution is -2.40. The monoisotopic (exact) mass is 225 g/mol. The van der Waals surface area contributed by atoms with Gasteiger partial charge in [0.2, 0.25) is 0 Å². The average Bonchev–Trinajstić information content (AvgIpc) is 2.75. The second-order valence-corrected chi connectivity index (χ2v) is 6.50. The van der Waals surface area contributed by atoms with Crippen LogP contribution >= 0.6 is 0 Å². The van der Waals surface area contributed by atoms with E-state index in [1.165, 1.54) is 6.42 Å². The molecule has 0 aromatic carbocycles. The van der Waals surface area contributed by atoms with Crippen molar-refractivity contribution in [3.05, 3.63) is 0 Å². The molecule has 3 heteroatoms. The molecule has 0 aromatic rings. The molecular weight excluding hydrogens is 202 g/mol. The number of esters is 1. The lowest BCUT2D eigenvalue weighted by atomic mass is 9.78. The summed E-state index contributed by atoms with van der Waals surface area (Å²) in [6.07, 6.45) is 5.01. The van der Waals surface area contributed by atoms with E-state index in [1.54, 1.807) is 0 Å². The smallest absolute Gasteiger partial charge is 0.326 e. The Morgan fingerprint density at radius 2 is 1.94 bits per heavy atom. The van der Waals surface area contributed by atoms with Gasteiger partial charge < -0.3 is 10.5 Å². The predicted molar refractivity (Wildman–Crippen MR) is 62.8 cm³/mol. The number of rotatable bonds is 2. The van der Waals surface area contributed by atoms with Crippen molar-refractivity contribution in [1.82, 2.24) is 0 Å². The van der Waals surface area contributed by atoms with E-state index in [0.29, 0.717) is 5.92 Å². The summed E-state index contributed by atoms with van der Waals surface area (Å²) in [7, 11) is 0. The third-order valence-electron chi connectivity index (χ3n) is 4.02. The Morgan fingerprint density at radius 3 is 2.44 bits per heavy atom. The van der Waals surface area contributed by atoms with E-state index in [1.807, 2.05) is 0 Å². The Labute approximate surface area is 97.7 Å². The van der Waals surface area contributed by atoms with Crippen LogP contribution in [0.1, 0.15) is 52.9 Å². The van der Waals surface area contributed by atoms with Crippen LogP contribution in [0.2, 0.25) is 0 Å². The van der Waals surface area contributed by atoms with Crippen molar-refractivity contribution in [1.29, 1.82) is 0 Å². The van der Waals surface area contributed by atoms with E-state index in [-0.39, 0.29) is 17.5 Å². The molecule has 2 unspecified atom stereocenters. The summed E-state index contributed by atoms with van der Waals surface area (Å²) in [5.41, 5.74) is 5.43. The van der Waals surface area contributed by atoms with Gasteiger partial charge in [0.05, 0.1) is 0 Å². The first-order chi connectivity index (χ1) is 7.33. The molecule has 0 bridgehead atoms. The number of carbonyl (C=O) groups excluding carboxylic acids is 1. The van der Waals surface area contributed by atoms with Gasteiger partial charge in [-0.25, -0.2) is 0 Å². The van der Waals surface area contributed by atoms with E-state index in [0.717, 1.165) is 25.7 Å². The Bertz CT molecular complexity index is 289. The van der Waals surface area contributed by atoms with Crippen LogP contribution in [-0.4, -0.2) is 17.6 Å². The third-order valence-corrected chi connectivity index (χ3v) is 4.02. The number of nitrogens with two attached hydrogens (primary N) is 1. The van der Waals surface area contributed by atoms with Crippen molar-refractivity contribution >= 4 is 5.97 Å². The minimum absolute atomic E-state index is 0.0912. The van der Waals surface area contributed by atoms with Gasteiger partial charge in [-0.15, -0.1) is 0 Å². The normalized spacial score (nSPS) is 32.5. The molecule has 0 spiro atoms. The van der Waals surface area contributed by atoms with Gasteiger partial charge in [-0.3, -0.25) is 4.79 Å². The molecule has 0 aromatic heterocycles. The fourth-order valence-electron chi connectivity index (χ4n) is 2.65. The Balaban J connectivity index is 1.96. The zero-order valence-electron chi connectivity index (χ0n) is 10.6. The molecule has 0 amide bonds. The van der Waals surface area contributed by atoms with Crippen LogP contribution in [0.15, 0.2) is 0 Å². The van der Waals surface area contributed by atoms with Crippen molar-refractivity contribution in [2.75, 3.05) is 0 Å². The SMILES string of the molecule is CC(C)(C)C1CCCC1OC(=O)C1(N)CC1. The zero-order chi connectivity index (χ0) is 12.0. The minimum atomic E-state index is -0.634. The van der Waals surface area contributed by atoms with E-state index in [9.17, 15) is 4.79 Å². The van der Waals surface area contributed by atoms with Gasteiger partial charge in [-0.2, -0.15) is 0 Å². The second-order valence-electron chi connectivity index (χ2n) is 6.50. The van der Waals surface area contributed by atoms with Crippen LogP contribution < -0.4 is 5.73 Å². The Morgan fingerprint density at radius 1 is 1.31 bits per heavy atom. The van der Waals surface area contributed by atoms with Crippen molar-refractivity contribution in [2.45, 2.75) is 64.5 Å². The molecule has 16 heavy (non-hydrogen) atoms. The van der Waals surface area contributed by atoms with Crippen LogP contribution in [0.25, 0.3) is 0 Å². The maximum absolute atomic E-state index is 11.8. The molecule has 2 saturated carbocycles. The first kappa shape index (κ1) is 11.9. The molecule has 2 N–H and O–H groups in total. The number of hydrogen-bond donors (Lipinski definition) is 1. The fourth-order valence-corrected chi connectivity index (χ4v) is 2.65. The second kappa shape index (κ2) is 3.73. The summed E-state index contributed by atoms with van der Waals surface area (Å²) in [6, 6.07) is 0. The largest absolute Gasteiger partial charge is 0.461 e. The fraction of sp³-hybridized carbons (Fsp3) is 0.923. The highest BCUT2D eigenvalue weighted by Gasteiger charge is 2.49. The molecule has 2 rings (SSSR count). The molecule has 0 heterocycles. The predicted octanol–water partition coefficient (Wildman–Crippen LogP) is 2.24. The number of hydrogen-bond acceptors (Lipinski definition) is 3. The summed E-state index contributed by atoms with van der Waals surface area (Å²) >= 11 is 0. The quantitative estimate of drug-likeness (QED) is 0.733. The van der Waals surface area contributed by atoms with Crippen LogP contribution in [0.3, 0.4) is 0 Å². The van der Waals surface area contributed by atoms with Gasteiger partial charge >= 0.3 is 5.97 Å². The highest BCUT2D eigenvalue weighted by Crippen LogP contribution is 2.42. The summed E-state index contributed by atoms with van der Waals surface area (Å²) in [5, 5.41) is 0. The summed E-state index contributed by atoms with van der Waals surface area (Å²) in [4.78, 5) is 11.8. The van der Waals surface area contributed by atoms with Crippen molar-refractivity contribution in [3.63, 3.8) is 0 Å². The molecule has 2 aliphatic carbocycles. The molecule has 92 valence electrons. The standard InChI is InChI=1S/C13H23NO2/c1-12(2,3)9-5-4-6-10(9)16-11(15)13(14)7-8-13/h9-10H,4-8,14H2,1-3H3. The van der Waals surface area contributed by atoms with Crippen LogP contribution in [0, 0.1) is 11.3 Å². The molecule has 3 nitrogen and oxygen atoms in total. The molecule has 2 aliphatic rings. The molecule has 0 radical (unpaired) electrons. The highest BCUT2D eigenvalue weighted by atomic mass is 16.5. The minimum Gasteiger partial charge on any atom is -0.461 e. The van der Waals surface area contributed by atoms with E-state index in [2.05, 4.69) is 20.8 Å². The third kappa shape index (κ3) is 2.24. The lowest BCUT2D eigenvalue weighted by Gasteiger charge is -2.32. The zero-order valence-corrected chi connectivity index (χ0v) is 10.6. The van der Waals surface area contributed by atoms with Gasteiger partial charge in [0, 0.05) is 5.92 Å². The average molecular weight is 225 g/mol. The maximum atomic E-state index is 11.8. The maximum Gasteiger partial charge on any atom is 0.326 e.